The number of nitrogens with one attached hydrogen (secondary N) is 2. The van der Waals surface area contributed by atoms with Crippen LogP contribution in [0.4, 0.5) is 4.79 Å². The van der Waals surface area contributed by atoms with Gasteiger partial charge in [-0.05, 0) is 19.3 Å². The van der Waals surface area contributed by atoms with Gasteiger partial charge in [0, 0.05) is 34.9 Å². The molecule has 0 aromatic carbocycles. The number of rotatable bonds is 4. The van der Waals surface area contributed by atoms with Crippen molar-refractivity contribution in [3.8, 4) is 0 Å². The van der Waals surface area contributed by atoms with Crippen molar-refractivity contribution in [3.63, 3.8) is 0 Å². The van der Waals surface area contributed by atoms with E-state index in [9.17, 15) is 9.00 Å². The number of amides is 2. The lowest BCUT2D eigenvalue weighted by Gasteiger charge is -2.22. The van der Waals surface area contributed by atoms with Crippen molar-refractivity contribution in [1.82, 2.24) is 10.6 Å². The summed E-state index contributed by atoms with van der Waals surface area (Å²) in [5, 5.41) is 5.73. The van der Waals surface area contributed by atoms with Crippen LogP contribution in [0.25, 0.3) is 0 Å². The van der Waals surface area contributed by atoms with Gasteiger partial charge in [-0.25, -0.2) is 4.79 Å². The normalized spacial score (nSPS) is 25.9. The summed E-state index contributed by atoms with van der Waals surface area (Å²) in [7, 11) is -0.654. The van der Waals surface area contributed by atoms with E-state index in [-0.39, 0.29) is 12.1 Å². The van der Waals surface area contributed by atoms with E-state index in [0.717, 1.165) is 43.7 Å². The number of carbonyl (C=O) groups is 1. The molecule has 0 unspecified atom stereocenters. The van der Waals surface area contributed by atoms with Crippen molar-refractivity contribution in [1.29, 1.82) is 0 Å². The van der Waals surface area contributed by atoms with Crippen LogP contribution in [0.2, 0.25) is 0 Å². The average Bonchev–Trinajstić information content (AvgIpc) is 2.22. The second-order valence-electron chi connectivity index (χ2n) is 3.88. The van der Waals surface area contributed by atoms with Crippen molar-refractivity contribution in [2.75, 3.05) is 18.1 Å². The lowest BCUT2D eigenvalue weighted by molar-refractivity contribution is 0.236. The van der Waals surface area contributed by atoms with Gasteiger partial charge in [-0.3, -0.25) is 4.21 Å². The topological polar surface area (TPSA) is 58.2 Å². The molecule has 0 aromatic heterocycles. The second-order valence-corrected chi connectivity index (χ2v) is 5.57. The third-order valence-electron chi connectivity index (χ3n) is 2.54. The lowest BCUT2D eigenvalue weighted by atomic mass is 10.2. The lowest BCUT2D eigenvalue weighted by Crippen LogP contribution is -2.45. The highest BCUT2D eigenvalue weighted by molar-refractivity contribution is 7.85. The zero-order chi connectivity index (χ0) is 11.1. The van der Waals surface area contributed by atoms with Crippen LogP contribution in [0.5, 0.6) is 0 Å². The molecule has 1 heterocycles. The number of carbonyl (C=O) groups excluding carboxylic acids is 1. The second kappa shape index (κ2) is 6.82. The number of unbranched alkanes of at least 4 members (excludes halogenated alkanes) is 1. The van der Waals surface area contributed by atoms with Gasteiger partial charge < -0.3 is 10.6 Å². The first-order valence-electron chi connectivity index (χ1n) is 5.61. The molecule has 5 heteroatoms. The Hall–Kier alpha value is -0.580. The van der Waals surface area contributed by atoms with Gasteiger partial charge in [0.15, 0.2) is 0 Å². The zero-order valence-corrected chi connectivity index (χ0v) is 10.1. The molecule has 0 aromatic rings. The van der Waals surface area contributed by atoms with Crippen molar-refractivity contribution >= 4 is 16.8 Å². The first kappa shape index (κ1) is 12.5. The van der Waals surface area contributed by atoms with E-state index in [2.05, 4.69) is 17.6 Å². The van der Waals surface area contributed by atoms with E-state index in [4.69, 9.17) is 0 Å². The Bertz CT molecular complexity index is 223. The molecular formula is C10H20N2O2S. The Morgan fingerprint density at radius 1 is 1.40 bits per heavy atom. The molecule has 1 saturated heterocycles. The predicted octanol–water partition coefficient (Wildman–Crippen LogP) is 0.997. The molecule has 0 atom stereocenters. The fourth-order valence-electron chi connectivity index (χ4n) is 1.55. The number of urea groups is 1. The highest BCUT2D eigenvalue weighted by Crippen LogP contribution is 2.08. The molecule has 2 N–H and O–H groups in total. The predicted molar refractivity (Wildman–Crippen MR) is 62.3 cm³/mol. The van der Waals surface area contributed by atoms with Gasteiger partial charge in [0.1, 0.15) is 0 Å². The minimum Gasteiger partial charge on any atom is -0.338 e. The van der Waals surface area contributed by atoms with Gasteiger partial charge in [0.05, 0.1) is 0 Å². The molecule has 1 fully saturated rings. The van der Waals surface area contributed by atoms with Crippen LogP contribution in [0.15, 0.2) is 0 Å². The summed E-state index contributed by atoms with van der Waals surface area (Å²) in [5.41, 5.74) is 0. The summed E-state index contributed by atoms with van der Waals surface area (Å²) < 4.78 is 11.1. The molecule has 0 radical (unpaired) electrons. The quantitative estimate of drug-likeness (QED) is 0.710. The van der Waals surface area contributed by atoms with Crippen LogP contribution in [0, 0.1) is 0 Å². The van der Waals surface area contributed by atoms with Crippen LogP contribution in [0.1, 0.15) is 32.6 Å². The molecule has 1 aliphatic rings. The fraction of sp³-hybridized carbons (Fsp3) is 0.900. The summed E-state index contributed by atoms with van der Waals surface area (Å²) >= 11 is 0. The van der Waals surface area contributed by atoms with Crippen LogP contribution >= 0.6 is 0 Å². The zero-order valence-electron chi connectivity index (χ0n) is 9.25. The summed E-state index contributed by atoms with van der Waals surface area (Å²) in [6.07, 6.45) is 3.78. The molecular weight excluding hydrogens is 212 g/mol. The Labute approximate surface area is 93.7 Å². The van der Waals surface area contributed by atoms with Gasteiger partial charge >= 0.3 is 6.03 Å². The van der Waals surface area contributed by atoms with E-state index in [1.54, 1.807) is 0 Å². The highest BCUT2D eigenvalue weighted by Gasteiger charge is 2.18. The van der Waals surface area contributed by atoms with Crippen LogP contribution in [0.3, 0.4) is 0 Å². The standard InChI is InChI=1S/C10H20N2O2S/c1-2-3-6-11-10(13)12-9-4-7-15(14)8-5-9/h9H,2-8H2,1H3,(H2,11,12,13). The van der Waals surface area contributed by atoms with Gasteiger partial charge in [-0.15, -0.1) is 0 Å². The molecule has 1 aliphatic heterocycles. The summed E-state index contributed by atoms with van der Waals surface area (Å²) in [4.78, 5) is 11.4. The molecule has 0 saturated carbocycles. The number of hydrogen-bond donors (Lipinski definition) is 2. The van der Waals surface area contributed by atoms with Crippen LogP contribution in [-0.4, -0.2) is 34.3 Å². The molecule has 0 spiro atoms. The molecule has 0 aliphatic carbocycles. The summed E-state index contributed by atoms with van der Waals surface area (Å²) in [6, 6.07) is 0.130. The monoisotopic (exact) mass is 232 g/mol. The van der Waals surface area contributed by atoms with Gasteiger partial charge in [-0.1, -0.05) is 13.3 Å². The average molecular weight is 232 g/mol. The largest absolute Gasteiger partial charge is 0.338 e. The maximum absolute atomic E-state index is 11.4. The maximum Gasteiger partial charge on any atom is 0.315 e. The molecule has 15 heavy (non-hydrogen) atoms. The van der Waals surface area contributed by atoms with Crippen LogP contribution in [-0.2, 0) is 10.8 Å². The Balaban J connectivity index is 2.12. The molecule has 0 bridgehead atoms. The van der Waals surface area contributed by atoms with Crippen molar-refractivity contribution in [2.45, 2.75) is 38.6 Å². The Morgan fingerprint density at radius 3 is 2.67 bits per heavy atom. The van der Waals surface area contributed by atoms with E-state index in [0.29, 0.717) is 0 Å². The first-order chi connectivity index (χ1) is 7.22. The first-order valence-corrected chi connectivity index (χ1v) is 7.10. The Morgan fingerprint density at radius 2 is 2.07 bits per heavy atom. The molecule has 2 amide bonds. The van der Waals surface area contributed by atoms with Crippen LogP contribution < -0.4 is 10.6 Å². The molecule has 1 rings (SSSR count). The van der Waals surface area contributed by atoms with E-state index in [1.165, 1.54) is 0 Å². The van der Waals surface area contributed by atoms with Crippen molar-refractivity contribution in [2.24, 2.45) is 0 Å². The minimum atomic E-state index is -0.654. The van der Waals surface area contributed by atoms with Crippen molar-refractivity contribution in [3.05, 3.63) is 0 Å². The smallest absolute Gasteiger partial charge is 0.315 e. The molecule has 88 valence electrons. The van der Waals surface area contributed by atoms with E-state index >= 15 is 0 Å². The third kappa shape index (κ3) is 5.16. The SMILES string of the molecule is CCCCNC(=O)NC1CCS(=O)CC1. The van der Waals surface area contributed by atoms with Gasteiger partial charge in [0.2, 0.25) is 0 Å². The van der Waals surface area contributed by atoms with Gasteiger partial charge in [0.25, 0.3) is 0 Å². The van der Waals surface area contributed by atoms with E-state index in [1.807, 2.05) is 0 Å². The van der Waals surface area contributed by atoms with E-state index < -0.39 is 10.8 Å². The molecule has 4 nitrogen and oxygen atoms in total. The summed E-state index contributed by atoms with van der Waals surface area (Å²) in [5.74, 6) is 1.44. The van der Waals surface area contributed by atoms with Crippen molar-refractivity contribution < 1.29 is 9.00 Å². The summed E-state index contributed by atoms with van der Waals surface area (Å²) in [6.45, 7) is 2.83. The third-order valence-corrected chi connectivity index (χ3v) is 3.92. The highest BCUT2D eigenvalue weighted by atomic mass is 32.2. The minimum absolute atomic E-state index is 0.0823. The maximum atomic E-state index is 11.4. The Kier molecular flexibility index (Phi) is 5.68. The number of hydrogen-bond acceptors (Lipinski definition) is 2. The fourth-order valence-corrected chi connectivity index (χ4v) is 2.85. The van der Waals surface area contributed by atoms with Gasteiger partial charge in [-0.2, -0.15) is 0 Å².